The molecule has 0 fully saturated rings. The van der Waals surface area contributed by atoms with E-state index in [2.05, 4.69) is 24.3 Å². The number of hydrogen-bond donors (Lipinski definition) is 2. The molecule has 0 heterocycles. The molecule has 0 aromatic heterocycles. The monoisotopic (exact) mass is 766 g/mol. The molecule has 0 saturated heterocycles. The summed E-state index contributed by atoms with van der Waals surface area (Å²) in [6.07, 6.45) is 5.53. The molecule has 0 saturated carbocycles. The van der Waals surface area contributed by atoms with Crippen molar-refractivity contribution < 1.29 is 38.3 Å². The zero-order chi connectivity index (χ0) is 38.9. The number of ether oxygens (including phenoxy) is 6. The Hall–Kier alpha value is -4.06. The van der Waals surface area contributed by atoms with Crippen molar-refractivity contribution >= 4 is 8.32 Å². The molecule has 4 aromatic rings. The van der Waals surface area contributed by atoms with Crippen LogP contribution in [0.25, 0.3) is 0 Å². The van der Waals surface area contributed by atoms with Crippen molar-refractivity contribution in [2.45, 2.75) is 64.0 Å². The summed E-state index contributed by atoms with van der Waals surface area (Å²) < 4.78 is 34.1. The molecule has 4 atom stereocenters. The van der Waals surface area contributed by atoms with Crippen molar-refractivity contribution in [1.29, 1.82) is 0 Å². The van der Waals surface area contributed by atoms with Gasteiger partial charge in [0.1, 0.15) is 11.5 Å². The average Bonchev–Trinajstić information content (AvgIpc) is 3.78. The normalized spacial score (nSPS) is 19.3. The fourth-order valence-electron chi connectivity index (χ4n) is 7.01. The van der Waals surface area contributed by atoms with Gasteiger partial charge in [-0.25, -0.2) is 0 Å². The van der Waals surface area contributed by atoms with E-state index in [1.54, 1.807) is 14.2 Å². The van der Waals surface area contributed by atoms with Crippen LogP contribution in [-0.4, -0.2) is 65.0 Å². The van der Waals surface area contributed by atoms with Crippen LogP contribution in [0.3, 0.4) is 0 Å². The molecule has 4 aromatic carbocycles. The Morgan fingerprint density at radius 3 is 1.36 bits per heavy atom. The SMILES string of the molecule is COc1ccc(COCC2=CC[C@H](O)[C@H]2COCc2ccccc2)cc1.COc1ccc(COCC2=CC[C@H]([Si](C)(C)O)[C@H]2COCc2ccccc2)cc1. The summed E-state index contributed by atoms with van der Waals surface area (Å²) in [4.78, 5) is 10.8. The van der Waals surface area contributed by atoms with Crippen LogP contribution in [-0.2, 0) is 45.4 Å². The summed E-state index contributed by atoms with van der Waals surface area (Å²) in [5, 5.41) is 10.2. The minimum absolute atomic E-state index is 0.00887. The Bertz CT molecular complexity index is 1740. The van der Waals surface area contributed by atoms with E-state index in [0.29, 0.717) is 59.3 Å². The molecule has 0 bridgehead atoms. The molecular weight excluding hydrogens is 709 g/mol. The van der Waals surface area contributed by atoms with E-state index in [0.717, 1.165) is 40.2 Å². The predicted molar refractivity (Wildman–Crippen MR) is 219 cm³/mol. The Morgan fingerprint density at radius 2 is 0.909 bits per heavy atom. The first-order chi connectivity index (χ1) is 26.7. The maximum Gasteiger partial charge on any atom is 0.186 e. The highest BCUT2D eigenvalue weighted by Gasteiger charge is 2.41. The molecule has 55 heavy (non-hydrogen) atoms. The number of allylic oxidation sites excluding steroid dienone is 1. The number of hydrogen-bond acceptors (Lipinski definition) is 8. The zero-order valence-electron chi connectivity index (χ0n) is 32.8. The van der Waals surface area contributed by atoms with Crippen LogP contribution in [0.2, 0.25) is 18.6 Å². The molecule has 294 valence electrons. The highest BCUT2D eigenvalue weighted by molar-refractivity contribution is 6.71. The summed E-state index contributed by atoms with van der Waals surface area (Å²) in [6.45, 7) is 8.52. The first-order valence-corrected chi connectivity index (χ1v) is 22.2. The lowest BCUT2D eigenvalue weighted by Crippen LogP contribution is -2.37. The summed E-state index contributed by atoms with van der Waals surface area (Å²) >= 11 is 0. The molecule has 6 rings (SSSR count). The third-order valence-corrected chi connectivity index (χ3v) is 12.7. The number of benzene rings is 4. The van der Waals surface area contributed by atoms with Gasteiger partial charge in [-0.2, -0.15) is 0 Å². The Morgan fingerprint density at radius 1 is 0.509 bits per heavy atom. The number of aliphatic hydroxyl groups excluding tert-OH is 1. The van der Waals surface area contributed by atoms with E-state index in [4.69, 9.17) is 28.4 Å². The lowest BCUT2D eigenvalue weighted by Gasteiger charge is -2.30. The second kappa shape index (κ2) is 21.9. The van der Waals surface area contributed by atoms with Crippen LogP contribution < -0.4 is 9.47 Å². The van der Waals surface area contributed by atoms with Gasteiger partial charge in [0.2, 0.25) is 0 Å². The van der Waals surface area contributed by atoms with E-state index in [1.807, 2.05) is 110 Å². The van der Waals surface area contributed by atoms with Gasteiger partial charge in [-0.05, 0) is 89.1 Å². The van der Waals surface area contributed by atoms with Gasteiger partial charge < -0.3 is 38.3 Å². The van der Waals surface area contributed by atoms with Crippen molar-refractivity contribution in [3.63, 3.8) is 0 Å². The fraction of sp³-hybridized carbons (Fsp3) is 0.391. The minimum Gasteiger partial charge on any atom is -0.497 e. The van der Waals surface area contributed by atoms with Gasteiger partial charge in [0, 0.05) is 11.8 Å². The fourth-order valence-corrected chi connectivity index (χ4v) is 9.00. The van der Waals surface area contributed by atoms with Gasteiger partial charge >= 0.3 is 0 Å². The van der Waals surface area contributed by atoms with Gasteiger partial charge in [0.05, 0.1) is 73.2 Å². The highest BCUT2D eigenvalue weighted by atomic mass is 28.4. The predicted octanol–water partition coefficient (Wildman–Crippen LogP) is 8.68. The third-order valence-electron chi connectivity index (χ3n) is 10.3. The van der Waals surface area contributed by atoms with Gasteiger partial charge in [0.15, 0.2) is 8.32 Å². The van der Waals surface area contributed by atoms with Gasteiger partial charge in [0.25, 0.3) is 0 Å². The van der Waals surface area contributed by atoms with Crippen molar-refractivity contribution in [2.24, 2.45) is 11.8 Å². The van der Waals surface area contributed by atoms with Crippen LogP contribution in [0.15, 0.2) is 132 Å². The smallest absolute Gasteiger partial charge is 0.186 e. The van der Waals surface area contributed by atoms with Crippen LogP contribution in [0.5, 0.6) is 11.5 Å². The van der Waals surface area contributed by atoms with Crippen molar-refractivity contribution in [3.05, 3.63) is 155 Å². The van der Waals surface area contributed by atoms with Gasteiger partial charge in [-0.1, -0.05) is 97.1 Å². The molecule has 0 aliphatic heterocycles. The topological polar surface area (TPSA) is 95.8 Å². The van der Waals surface area contributed by atoms with Crippen LogP contribution in [0, 0.1) is 11.8 Å². The number of aliphatic hydroxyl groups is 1. The second-order valence-corrected chi connectivity index (χ2v) is 18.8. The second-order valence-electron chi connectivity index (χ2n) is 14.8. The van der Waals surface area contributed by atoms with Crippen molar-refractivity contribution in [1.82, 2.24) is 0 Å². The van der Waals surface area contributed by atoms with Gasteiger partial charge in [-0.15, -0.1) is 0 Å². The van der Waals surface area contributed by atoms with Crippen molar-refractivity contribution in [2.75, 3.05) is 40.6 Å². The third kappa shape index (κ3) is 13.6. The van der Waals surface area contributed by atoms with Crippen LogP contribution in [0.1, 0.15) is 35.1 Å². The zero-order valence-corrected chi connectivity index (χ0v) is 33.8. The molecule has 2 aliphatic carbocycles. The highest BCUT2D eigenvalue weighted by Crippen LogP contribution is 2.42. The quantitative estimate of drug-likeness (QED) is 0.0724. The van der Waals surface area contributed by atoms with E-state index in [-0.39, 0.29) is 23.5 Å². The minimum atomic E-state index is -2.27. The number of rotatable bonds is 19. The number of methoxy groups -OCH3 is 2. The lowest BCUT2D eigenvalue weighted by atomic mass is 10.0. The average molecular weight is 767 g/mol. The first-order valence-electron chi connectivity index (χ1n) is 19.2. The first kappa shape index (κ1) is 42.1. The Kier molecular flexibility index (Phi) is 16.7. The van der Waals surface area contributed by atoms with E-state index in [9.17, 15) is 9.90 Å². The van der Waals surface area contributed by atoms with Crippen molar-refractivity contribution in [3.8, 4) is 11.5 Å². The molecule has 0 spiro atoms. The Balaban J connectivity index is 0.000000212. The van der Waals surface area contributed by atoms with Crippen LogP contribution in [0.4, 0.5) is 0 Å². The summed E-state index contributed by atoms with van der Waals surface area (Å²) in [5.41, 5.74) is 7.18. The maximum atomic E-state index is 10.8. The lowest BCUT2D eigenvalue weighted by molar-refractivity contribution is 0.0362. The summed E-state index contributed by atoms with van der Waals surface area (Å²) in [5.74, 6) is 1.92. The standard InChI is InChI=1S/C24H32O4Si.C22H26O4/c1-26-22-12-9-20(10-13-22)16-27-17-21-11-14-24(29(2,3)25)23(21)18-28-15-19-7-5-4-6-8-19;1-24-20-10-7-18(8-11-20)14-25-15-19-9-12-22(23)21(19)16-26-13-17-5-3-2-4-6-17/h4-13,23-25H,14-18H2,1-3H3;2-11,21-23H,12-16H2,1H3/t23-,24-;21-,22-/m00/s1. The molecule has 0 radical (unpaired) electrons. The van der Waals surface area contributed by atoms with Crippen LogP contribution >= 0.6 is 0 Å². The largest absolute Gasteiger partial charge is 0.497 e. The summed E-state index contributed by atoms with van der Waals surface area (Å²) in [7, 11) is 1.05. The van der Waals surface area contributed by atoms with Gasteiger partial charge in [-0.3, -0.25) is 0 Å². The van der Waals surface area contributed by atoms with E-state index < -0.39 is 8.32 Å². The maximum absolute atomic E-state index is 10.8. The molecule has 9 heteroatoms. The van der Waals surface area contributed by atoms with E-state index in [1.165, 1.54) is 11.1 Å². The summed E-state index contributed by atoms with van der Waals surface area (Å²) in [6, 6.07) is 36.1. The molecule has 2 aliphatic rings. The van der Waals surface area contributed by atoms with E-state index >= 15 is 0 Å². The molecule has 0 amide bonds. The molecular formula is C46H58O8Si. The molecule has 2 N–H and O–H groups in total. The molecule has 0 unspecified atom stereocenters. The Labute approximate surface area is 328 Å². The molecule has 8 nitrogen and oxygen atoms in total.